The van der Waals surface area contributed by atoms with Gasteiger partial charge in [0.15, 0.2) is 0 Å². The van der Waals surface area contributed by atoms with Gasteiger partial charge in [0.05, 0.1) is 12.3 Å². The predicted molar refractivity (Wildman–Crippen MR) is 64.2 cm³/mol. The molecule has 0 bridgehead atoms. The molecule has 0 saturated heterocycles. The van der Waals surface area contributed by atoms with Crippen molar-refractivity contribution in [3.05, 3.63) is 41.9 Å². The molecular formula is C13H16N2O. The van der Waals surface area contributed by atoms with Crippen LogP contribution in [0, 0.1) is 6.92 Å². The molecule has 0 fully saturated rings. The molecule has 0 aliphatic rings. The third-order valence-corrected chi connectivity index (χ3v) is 2.86. The molecular weight excluding hydrogens is 200 g/mol. The van der Waals surface area contributed by atoms with Gasteiger partial charge in [-0.15, -0.1) is 0 Å². The molecule has 3 heteroatoms. The molecule has 0 unspecified atom stereocenters. The third-order valence-electron chi connectivity index (χ3n) is 2.86. The molecule has 1 heterocycles. The van der Waals surface area contributed by atoms with Gasteiger partial charge in [0.2, 0.25) is 0 Å². The van der Waals surface area contributed by atoms with Gasteiger partial charge in [0, 0.05) is 24.7 Å². The molecule has 3 nitrogen and oxygen atoms in total. The maximum atomic E-state index is 8.96. The lowest BCUT2D eigenvalue weighted by atomic mass is 10.1. The molecule has 0 aliphatic carbocycles. The summed E-state index contributed by atoms with van der Waals surface area (Å²) in [6.07, 6.45) is 0.601. The molecule has 2 aromatic rings. The number of aliphatic hydroxyl groups excluding tert-OH is 1. The highest BCUT2D eigenvalue weighted by Gasteiger charge is 2.11. The van der Waals surface area contributed by atoms with Crippen molar-refractivity contribution < 1.29 is 5.11 Å². The summed E-state index contributed by atoms with van der Waals surface area (Å²) >= 11 is 0. The van der Waals surface area contributed by atoms with Crippen molar-refractivity contribution in [2.24, 2.45) is 7.05 Å². The van der Waals surface area contributed by atoms with Gasteiger partial charge >= 0.3 is 0 Å². The van der Waals surface area contributed by atoms with E-state index in [1.807, 2.05) is 29.8 Å². The molecule has 0 aliphatic heterocycles. The standard InChI is InChI=1S/C13H16N2O/c1-10-13(11-6-4-3-5-7-11)14-12(8-9-16)15(10)2/h3-7,16H,8-9H2,1-2H3. The largest absolute Gasteiger partial charge is 0.396 e. The summed E-state index contributed by atoms with van der Waals surface area (Å²) in [5.74, 6) is 0.929. The van der Waals surface area contributed by atoms with Gasteiger partial charge in [0.1, 0.15) is 5.82 Å². The van der Waals surface area contributed by atoms with Gasteiger partial charge in [0.25, 0.3) is 0 Å². The average molecular weight is 216 g/mol. The molecule has 1 aromatic carbocycles. The fourth-order valence-electron chi connectivity index (χ4n) is 1.83. The van der Waals surface area contributed by atoms with Crippen LogP contribution in [0.25, 0.3) is 11.3 Å². The van der Waals surface area contributed by atoms with E-state index >= 15 is 0 Å². The van der Waals surface area contributed by atoms with E-state index < -0.39 is 0 Å². The Morgan fingerprint density at radius 3 is 2.56 bits per heavy atom. The van der Waals surface area contributed by atoms with Crippen molar-refractivity contribution in [1.82, 2.24) is 9.55 Å². The third kappa shape index (κ3) is 1.86. The molecule has 1 aromatic heterocycles. The van der Waals surface area contributed by atoms with Crippen LogP contribution in [0.15, 0.2) is 30.3 Å². The fourth-order valence-corrected chi connectivity index (χ4v) is 1.83. The van der Waals surface area contributed by atoms with Crippen molar-refractivity contribution in [1.29, 1.82) is 0 Å². The lowest BCUT2D eigenvalue weighted by Gasteiger charge is -2.00. The second kappa shape index (κ2) is 4.49. The molecule has 84 valence electrons. The Bertz CT molecular complexity index is 474. The van der Waals surface area contributed by atoms with E-state index in [1.54, 1.807) is 0 Å². The number of aromatic nitrogens is 2. The molecule has 2 rings (SSSR count). The second-order valence-electron chi connectivity index (χ2n) is 3.86. The van der Waals surface area contributed by atoms with E-state index in [1.165, 1.54) is 0 Å². The molecule has 0 saturated carbocycles. The van der Waals surface area contributed by atoms with Crippen LogP contribution in [0.3, 0.4) is 0 Å². The Morgan fingerprint density at radius 2 is 1.94 bits per heavy atom. The lowest BCUT2D eigenvalue weighted by molar-refractivity contribution is 0.295. The van der Waals surface area contributed by atoms with Crippen molar-refractivity contribution in [2.45, 2.75) is 13.3 Å². The van der Waals surface area contributed by atoms with E-state index in [4.69, 9.17) is 5.11 Å². The lowest BCUT2D eigenvalue weighted by Crippen LogP contribution is -2.01. The van der Waals surface area contributed by atoms with Crippen LogP contribution in [0.5, 0.6) is 0 Å². The predicted octanol–water partition coefficient (Wildman–Crippen LogP) is 1.93. The first-order valence-corrected chi connectivity index (χ1v) is 5.42. The van der Waals surface area contributed by atoms with E-state index in [0.717, 1.165) is 22.8 Å². The fraction of sp³-hybridized carbons (Fsp3) is 0.308. The van der Waals surface area contributed by atoms with Gasteiger partial charge in [-0.1, -0.05) is 30.3 Å². The van der Waals surface area contributed by atoms with Gasteiger partial charge < -0.3 is 9.67 Å². The van der Waals surface area contributed by atoms with Crippen LogP contribution in [-0.2, 0) is 13.5 Å². The smallest absolute Gasteiger partial charge is 0.111 e. The highest BCUT2D eigenvalue weighted by atomic mass is 16.3. The van der Waals surface area contributed by atoms with Crippen molar-refractivity contribution in [3.8, 4) is 11.3 Å². The minimum Gasteiger partial charge on any atom is -0.396 e. The number of nitrogens with zero attached hydrogens (tertiary/aromatic N) is 2. The van der Waals surface area contributed by atoms with Crippen LogP contribution in [0.2, 0.25) is 0 Å². The Hall–Kier alpha value is -1.61. The zero-order valence-electron chi connectivity index (χ0n) is 9.64. The summed E-state index contributed by atoms with van der Waals surface area (Å²) in [7, 11) is 1.99. The summed E-state index contributed by atoms with van der Waals surface area (Å²) in [4.78, 5) is 4.57. The normalized spacial score (nSPS) is 10.7. The minimum atomic E-state index is 0.137. The van der Waals surface area contributed by atoms with E-state index in [2.05, 4.69) is 24.0 Å². The van der Waals surface area contributed by atoms with Crippen LogP contribution in [-0.4, -0.2) is 21.3 Å². The molecule has 0 radical (unpaired) electrons. The monoisotopic (exact) mass is 216 g/mol. The second-order valence-corrected chi connectivity index (χ2v) is 3.86. The molecule has 0 spiro atoms. The number of imidazole rings is 1. The van der Waals surface area contributed by atoms with Gasteiger partial charge in [-0.25, -0.2) is 4.98 Å². The molecule has 1 N–H and O–H groups in total. The number of hydrogen-bond donors (Lipinski definition) is 1. The Morgan fingerprint density at radius 1 is 1.25 bits per heavy atom. The molecule has 0 atom stereocenters. The maximum absolute atomic E-state index is 8.96. The molecule has 16 heavy (non-hydrogen) atoms. The van der Waals surface area contributed by atoms with E-state index in [-0.39, 0.29) is 6.61 Å². The summed E-state index contributed by atoms with van der Waals surface area (Å²) in [6, 6.07) is 10.1. The first-order valence-electron chi connectivity index (χ1n) is 5.42. The topological polar surface area (TPSA) is 38.1 Å². The minimum absolute atomic E-state index is 0.137. The van der Waals surface area contributed by atoms with Crippen molar-refractivity contribution in [2.75, 3.05) is 6.61 Å². The van der Waals surface area contributed by atoms with Gasteiger partial charge in [-0.3, -0.25) is 0 Å². The molecule has 0 amide bonds. The Kier molecular flexibility index (Phi) is 3.06. The van der Waals surface area contributed by atoms with Crippen molar-refractivity contribution >= 4 is 0 Å². The average Bonchev–Trinajstić information content (AvgIpc) is 2.59. The van der Waals surface area contributed by atoms with Crippen LogP contribution in [0.4, 0.5) is 0 Å². The van der Waals surface area contributed by atoms with Gasteiger partial charge in [-0.2, -0.15) is 0 Å². The summed E-state index contributed by atoms with van der Waals surface area (Å²) in [6.45, 7) is 2.19. The number of rotatable bonds is 3. The Balaban J connectivity index is 2.46. The summed E-state index contributed by atoms with van der Waals surface area (Å²) in [5, 5.41) is 8.96. The summed E-state index contributed by atoms with van der Waals surface area (Å²) in [5.41, 5.74) is 3.26. The van der Waals surface area contributed by atoms with Crippen LogP contribution >= 0.6 is 0 Å². The number of hydrogen-bond acceptors (Lipinski definition) is 2. The zero-order chi connectivity index (χ0) is 11.5. The maximum Gasteiger partial charge on any atom is 0.111 e. The van der Waals surface area contributed by atoms with Gasteiger partial charge in [-0.05, 0) is 6.92 Å². The first-order chi connectivity index (χ1) is 7.74. The SMILES string of the molecule is Cc1c(-c2ccccc2)nc(CCO)n1C. The number of aliphatic hydroxyl groups is 1. The Labute approximate surface area is 95.4 Å². The van der Waals surface area contributed by atoms with Crippen LogP contribution in [0.1, 0.15) is 11.5 Å². The summed E-state index contributed by atoms with van der Waals surface area (Å²) < 4.78 is 2.04. The number of benzene rings is 1. The highest BCUT2D eigenvalue weighted by Crippen LogP contribution is 2.22. The highest BCUT2D eigenvalue weighted by molar-refractivity contribution is 5.62. The zero-order valence-corrected chi connectivity index (χ0v) is 9.64. The van der Waals surface area contributed by atoms with Crippen LogP contribution < -0.4 is 0 Å². The quantitative estimate of drug-likeness (QED) is 0.851. The first kappa shape index (κ1) is 10.9. The van der Waals surface area contributed by atoms with E-state index in [0.29, 0.717) is 6.42 Å². The van der Waals surface area contributed by atoms with Crippen molar-refractivity contribution in [3.63, 3.8) is 0 Å². The van der Waals surface area contributed by atoms with E-state index in [9.17, 15) is 0 Å².